The van der Waals surface area contributed by atoms with E-state index in [1.165, 1.54) is 5.56 Å². The summed E-state index contributed by atoms with van der Waals surface area (Å²) in [6.45, 7) is 0. The number of benzene rings is 2. The van der Waals surface area contributed by atoms with Gasteiger partial charge in [0.15, 0.2) is 6.04 Å². The quantitative estimate of drug-likeness (QED) is 0.525. The zero-order chi connectivity index (χ0) is 16.2. The Bertz CT molecular complexity index is 860. The molecule has 0 bridgehead atoms. The summed E-state index contributed by atoms with van der Waals surface area (Å²) in [5.41, 5.74) is 3.38. The summed E-state index contributed by atoms with van der Waals surface area (Å²) in [7, 11) is 0. The second-order valence-corrected chi connectivity index (χ2v) is 5.67. The van der Waals surface area contributed by atoms with Gasteiger partial charge in [0.2, 0.25) is 6.33 Å². The Hall–Kier alpha value is -3.20. The molecular weight excluding hydrogens is 294 g/mol. The van der Waals surface area contributed by atoms with Crippen LogP contribution in [-0.4, -0.2) is 9.55 Å². The van der Waals surface area contributed by atoms with E-state index in [-0.39, 0.29) is 6.04 Å². The van der Waals surface area contributed by atoms with Gasteiger partial charge < -0.3 is 0 Å². The highest BCUT2D eigenvalue weighted by Gasteiger charge is 2.22. The van der Waals surface area contributed by atoms with Crippen LogP contribution in [0.25, 0.3) is 5.69 Å². The summed E-state index contributed by atoms with van der Waals surface area (Å²) in [6, 6.07) is 26.9. The minimum Gasteiger partial charge on any atom is -0.256 e. The molecule has 0 amide bonds. The smallest absolute Gasteiger partial charge is 0.249 e. The molecule has 0 saturated carbocycles. The number of pyridine rings is 1. The van der Waals surface area contributed by atoms with E-state index < -0.39 is 0 Å². The Morgan fingerprint density at radius 1 is 0.792 bits per heavy atom. The zero-order valence-corrected chi connectivity index (χ0v) is 13.2. The number of para-hydroxylation sites is 1. The van der Waals surface area contributed by atoms with Crippen molar-refractivity contribution in [3.8, 4) is 5.69 Å². The maximum atomic E-state index is 4.58. The van der Waals surface area contributed by atoms with Crippen LogP contribution >= 0.6 is 0 Å². The first-order valence-electron chi connectivity index (χ1n) is 8.02. The molecule has 0 spiro atoms. The van der Waals surface area contributed by atoms with E-state index in [0.717, 1.165) is 11.4 Å². The zero-order valence-electron chi connectivity index (χ0n) is 13.2. The fraction of sp³-hybridized carbons (Fsp3) is 0.0476. The average molecular weight is 312 g/mol. The predicted molar refractivity (Wildman–Crippen MR) is 93.9 cm³/mol. The molecule has 24 heavy (non-hydrogen) atoms. The molecule has 0 radical (unpaired) electrons. The molecule has 2 aromatic carbocycles. The van der Waals surface area contributed by atoms with Gasteiger partial charge in [0, 0.05) is 11.8 Å². The van der Waals surface area contributed by atoms with Gasteiger partial charge in [0.05, 0.1) is 5.69 Å². The molecule has 0 N–H and O–H groups in total. The van der Waals surface area contributed by atoms with Gasteiger partial charge in [0.1, 0.15) is 18.1 Å². The second-order valence-electron chi connectivity index (χ2n) is 5.67. The molecule has 1 unspecified atom stereocenters. The van der Waals surface area contributed by atoms with Crippen LogP contribution in [0.1, 0.15) is 17.3 Å². The molecule has 116 valence electrons. The van der Waals surface area contributed by atoms with Gasteiger partial charge in [0.25, 0.3) is 0 Å². The summed E-state index contributed by atoms with van der Waals surface area (Å²) < 4.78 is 4.32. The predicted octanol–water partition coefficient (Wildman–Crippen LogP) is 3.80. The van der Waals surface area contributed by atoms with Gasteiger partial charge in [-0.1, -0.05) is 54.6 Å². The van der Waals surface area contributed by atoms with E-state index in [1.54, 1.807) is 0 Å². The first kappa shape index (κ1) is 14.4. The Morgan fingerprint density at radius 2 is 1.50 bits per heavy atom. The highest BCUT2D eigenvalue weighted by molar-refractivity contribution is 5.30. The van der Waals surface area contributed by atoms with E-state index in [2.05, 4.69) is 75.3 Å². The van der Waals surface area contributed by atoms with Gasteiger partial charge in [-0.15, -0.1) is 0 Å². The van der Waals surface area contributed by atoms with E-state index in [9.17, 15) is 0 Å². The van der Waals surface area contributed by atoms with Gasteiger partial charge in [-0.05, 0) is 24.3 Å². The summed E-state index contributed by atoms with van der Waals surface area (Å²) in [4.78, 5) is 4.58. The van der Waals surface area contributed by atoms with Crippen molar-refractivity contribution in [1.29, 1.82) is 0 Å². The van der Waals surface area contributed by atoms with E-state index >= 15 is 0 Å². The highest BCUT2D eigenvalue weighted by atomic mass is 15.1. The molecule has 1 atom stereocenters. The van der Waals surface area contributed by atoms with Crippen LogP contribution in [0.2, 0.25) is 0 Å². The third-order valence-corrected chi connectivity index (χ3v) is 4.09. The maximum absolute atomic E-state index is 4.58. The SMILES string of the molecule is c1ccc(C(c2ccccn2)[n+]2ccn(-c3ccccc3)c2)cc1. The molecule has 0 aliphatic rings. The first-order valence-corrected chi connectivity index (χ1v) is 8.02. The van der Waals surface area contributed by atoms with Crippen LogP contribution in [0.3, 0.4) is 0 Å². The third-order valence-electron chi connectivity index (χ3n) is 4.09. The third kappa shape index (κ3) is 2.84. The molecule has 3 nitrogen and oxygen atoms in total. The maximum Gasteiger partial charge on any atom is 0.249 e. The van der Waals surface area contributed by atoms with Crippen molar-refractivity contribution in [2.24, 2.45) is 0 Å². The van der Waals surface area contributed by atoms with Crippen molar-refractivity contribution in [2.45, 2.75) is 6.04 Å². The van der Waals surface area contributed by atoms with Crippen LogP contribution in [0.5, 0.6) is 0 Å². The van der Waals surface area contributed by atoms with Crippen molar-refractivity contribution in [1.82, 2.24) is 9.55 Å². The summed E-state index contributed by atoms with van der Waals surface area (Å²) in [6.07, 6.45) is 8.13. The number of imidazole rings is 1. The molecule has 3 heteroatoms. The van der Waals surface area contributed by atoms with Gasteiger partial charge in [-0.3, -0.25) is 4.98 Å². The van der Waals surface area contributed by atoms with Crippen LogP contribution in [-0.2, 0) is 0 Å². The lowest BCUT2D eigenvalue weighted by molar-refractivity contribution is -0.704. The van der Waals surface area contributed by atoms with Crippen LogP contribution < -0.4 is 4.57 Å². The lowest BCUT2D eigenvalue weighted by Crippen LogP contribution is -2.39. The number of nitrogens with zero attached hydrogens (tertiary/aromatic N) is 3. The topological polar surface area (TPSA) is 21.7 Å². The fourth-order valence-electron chi connectivity index (χ4n) is 2.94. The summed E-state index contributed by atoms with van der Waals surface area (Å²) >= 11 is 0. The summed E-state index contributed by atoms with van der Waals surface area (Å²) in [5, 5.41) is 0. The average Bonchev–Trinajstić information content (AvgIpc) is 3.14. The van der Waals surface area contributed by atoms with E-state index in [1.807, 2.05) is 42.6 Å². The van der Waals surface area contributed by atoms with Gasteiger partial charge in [-0.2, -0.15) is 0 Å². The molecule has 2 heterocycles. The first-order chi connectivity index (χ1) is 11.9. The largest absolute Gasteiger partial charge is 0.256 e. The monoisotopic (exact) mass is 312 g/mol. The summed E-state index contributed by atoms with van der Waals surface area (Å²) in [5.74, 6) is 0. The lowest BCUT2D eigenvalue weighted by Gasteiger charge is -2.13. The minimum absolute atomic E-state index is 0.0531. The van der Waals surface area contributed by atoms with Crippen molar-refractivity contribution < 1.29 is 4.57 Å². The standard InChI is InChI=1S/C21H18N3/c1-3-9-18(10-4-1)21(20-13-7-8-14-22-20)24-16-15-23(17-24)19-11-5-2-6-12-19/h1-17,21H/q+1. The Kier molecular flexibility index (Phi) is 3.90. The molecule has 0 fully saturated rings. The molecule has 0 aliphatic carbocycles. The van der Waals surface area contributed by atoms with E-state index in [0.29, 0.717) is 0 Å². The van der Waals surface area contributed by atoms with Crippen LogP contribution in [0.15, 0.2) is 104 Å². The number of rotatable bonds is 4. The molecular formula is C21H18N3+. The molecule has 0 aliphatic heterocycles. The fourth-order valence-corrected chi connectivity index (χ4v) is 2.94. The molecule has 2 aromatic heterocycles. The van der Waals surface area contributed by atoms with Crippen LogP contribution in [0.4, 0.5) is 0 Å². The Labute approximate surface area is 141 Å². The van der Waals surface area contributed by atoms with Crippen molar-refractivity contribution in [3.05, 3.63) is 115 Å². The minimum atomic E-state index is 0.0531. The Morgan fingerprint density at radius 3 is 2.21 bits per heavy atom. The second kappa shape index (κ2) is 6.50. The van der Waals surface area contributed by atoms with Crippen molar-refractivity contribution in [2.75, 3.05) is 0 Å². The number of hydrogen-bond acceptors (Lipinski definition) is 1. The lowest BCUT2D eigenvalue weighted by atomic mass is 10.0. The van der Waals surface area contributed by atoms with Crippen molar-refractivity contribution >= 4 is 0 Å². The molecule has 4 aromatic rings. The molecule has 0 saturated heterocycles. The van der Waals surface area contributed by atoms with E-state index in [4.69, 9.17) is 0 Å². The van der Waals surface area contributed by atoms with Gasteiger partial charge >= 0.3 is 0 Å². The highest BCUT2D eigenvalue weighted by Crippen LogP contribution is 2.20. The molecule has 4 rings (SSSR count). The van der Waals surface area contributed by atoms with Crippen LogP contribution in [0, 0.1) is 0 Å². The number of aromatic nitrogens is 3. The number of hydrogen-bond donors (Lipinski definition) is 0. The van der Waals surface area contributed by atoms with Crippen molar-refractivity contribution in [3.63, 3.8) is 0 Å². The normalized spacial score (nSPS) is 12.0. The van der Waals surface area contributed by atoms with Gasteiger partial charge in [-0.25, -0.2) is 9.13 Å². The Balaban J connectivity index is 1.79.